The Balaban J connectivity index is 1.35. The number of benzene rings is 2. The summed E-state index contributed by atoms with van der Waals surface area (Å²) >= 11 is 0. The lowest BCUT2D eigenvalue weighted by Gasteiger charge is -2.34. The van der Waals surface area contributed by atoms with Crippen molar-refractivity contribution in [2.24, 2.45) is 0 Å². The molecule has 1 aliphatic heterocycles. The van der Waals surface area contributed by atoms with E-state index in [1.54, 1.807) is 7.11 Å². The molecule has 7 heteroatoms. The van der Waals surface area contributed by atoms with Crippen molar-refractivity contribution in [3.63, 3.8) is 0 Å². The fourth-order valence-electron chi connectivity index (χ4n) is 3.69. The highest BCUT2D eigenvalue weighted by Crippen LogP contribution is 2.22. The molecule has 0 saturated carbocycles. The molecule has 2 heterocycles. The van der Waals surface area contributed by atoms with Gasteiger partial charge in [-0.1, -0.05) is 35.5 Å². The van der Waals surface area contributed by atoms with Gasteiger partial charge >= 0.3 is 0 Å². The molecule has 0 bridgehead atoms. The number of carbonyl (C=O) groups excluding carboxylic acids is 1. The Morgan fingerprint density at radius 1 is 1.07 bits per heavy atom. The number of rotatable bonds is 5. The van der Waals surface area contributed by atoms with Crippen molar-refractivity contribution in [1.82, 2.24) is 19.9 Å². The number of aromatic nitrogens is 2. The number of nitrogens with zero attached hydrogens (tertiary/aromatic N) is 4. The molecule has 1 saturated heterocycles. The molecule has 156 valence electrons. The van der Waals surface area contributed by atoms with Gasteiger partial charge in [-0.25, -0.2) is 0 Å². The third kappa shape index (κ3) is 4.21. The van der Waals surface area contributed by atoms with Gasteiger partial charge in [0.2, 0.25) is 11.7 Å². The molecule has 0 aliphatic carbocycles. The zero-order valence-electron chi connectivity index (χ0n) is 17.6. The van der Waals surface area contributed by atoms with E-state index in [9.17, 15) is 4.79 Å². The molecular weight excluding hydrogens is 380 g/mol. The van der Waals surface area contributed by atoms with Crippen LogP contribution in [0.2, 0.25) is 0 Å². The molecule has 2 aromatic carbocycles. The Morgan fingerprint density at radius 2 is 1.83 bits per heavy atom. The second-order valence-electron chi connectivity index (χ2n) is 7.58. The number of aryl methyl sites for hydroxylation is 2. The van der Waals surface area contributed by atoms with Crippen LogP contribution in [0.25, 0.3) is 11.4 Å². The standard InChI is InChI=1S/C23H26N4O3/c1-16-6-4-5-7-19(16)22-24-21(30-25-22)15-26-10-12-27(13-11-26)23(28)18-9-8-17(2)20(14-18)29-3/h4-9,14H,10-13,15H2,1-3H3. The van der Waals surface area contributed by atoms with Crippen LogP contribution in [0.5, 0.6) is 5.75 Å². The van der Waals surface area contributed by atoms with Crippen molar-refractivity contribution in [2.45, 2.75) is 20.4 Å². The SMILES string of the molecule is COc1cc(C(=O)N2CCN(Cc3nc(-c4ccccc4C)no3)CC2)ccc1C. The molecular formula is C23H26N4O3. The van der Waals surface area contributed by atoms with E-state index in [0.717, 1.165) is 35.5 Å². The van der Waals surface area contributed by atoms with Crippen LogP contribution >= 0.6 is 0 Å². The van der Waals surface area contributed by atoms with Crippen LogP contribution < -0.4 is 4.74 Å². The largest absolute Gasteiger partial charge is 0.496 e. The Morgan fingerprint density at radius 3 is 2.57 bits per heavy atom. The van der Waals surface area contributed by atoms with Crippen molar-refractivity contribution in [3.8, 4) is 17.1 Å². The van der Waals surface area contributed by atoms with Gasteiger partial charge in [-0.2, -0.15) is 4.98 Å². The predicted octanol–water partition coefficient (Wildman–Crippen LogP) is 3.32. The summed E-state index contributed by atoms with van der Waals surface area (Å²) < 4.78 is 10.8. The first-order valence-electron chi connectivity index (χ1n) is 10.1. The normalized spacial score (nSPS) is 14.7. The first-order valence-corrected chi connectivity index (χ1v) is 10.1. The van der Waals surface area contributed by atoms with Gasteiger partial charge in [0.1, 0.15) is 5.75 Å². The van der Waals surface area contributed by atoms with Crippen LogP contribution in [0.15, 0.2) is 47.0 Å². The lowest BCUT2D eigenvalue weighted by atomic mass is 10.1. The summed E-state index contributed by atoms with van der Waals surface area (Å²) in [7, 11) is 1.62. The molecule has 30 heavy (non-hydrogen) atoms. The Bertz CT molecular complexity index is 1040. The topological polar surface area (TPSA) is 71.7 Å². The third-order valence-electron chi connectivity index (χ3n) is 5.53. The highest BCUT2D eigenvalue weighted by atomic mass is 16.5. The first kappa shape index (κ1) is 20.1. The van der Waals surface area contributed by atoms with Gasteiger partial charge in [0.05, 0.1) is 13.7 Å². The zero-order valence-corrected chi connectivity index (χ0v) is 17.6. The van der Waals surface area contributed by atoms with Crippen molar-refractivity contribution in [3.05, 3.63) is 65.0 Å². The lowest BCUT2D eigenvalue weighted by Crippen LogP contribution is -2.48. The van der Waals surface area contributed by atoms with Crippen LogP contribution in [0, 0.1) is 13.8 Å². The van der Waals surface area contributed by atoms with Gasteiger partial charge < -0.3 is 14.2 Å². The van der Waals surface area contributed by atoms with E-state index in [-0.39, 0.29) is 5.91 Å². The molecule has 0 atom stereocenters. The van der Waals surface area contributed by atoms with Crippen molar-refractivity contribution in [2.75, 3.05) is 33.3 Å². The van der Waals surface area contributed by atoms with Gasteiger partial charge in [-0.15, -0.1) is 0 Å². The smallest absolute Gasteiger partial charge is 0.254 e. The maximum atomic E-state index is 12.8. The highest BCUT2D eigenvalue weighted by Gasteiger charge is 2.24. The molecule has 7 nitrogen and oxygen atoms in total. The number of methoxy groups -OCH3 is 1. The molecule has 0 radical (unpaired) electrons. The summed E-state index contributed by atoms with van der Waals surface area (Å²) in [6.07, 6.45) is 0. The number of ether oxygens (including phenoxy) is 1. The van der Waals surface area contributed by atoms with E-state index < -0.39 is 0 Å². The third-order valence-corrected chi connectivity index (χ3v) is 5.53. The van der Waals surface area contributed by atoms with Crippen molar-refractivity contribution < 1.29 is 14.1 Å². The fraction of sp³-hybridized carbons (Fsp3) is 0.348. The molecule has 1 fully saturated rings. The number of hydrogen-bond acceptors (Lipinski definition) is 6. The highest BCUT2D eigenvalue weighted by molar-refractivity contribution is 5.94. The van der Waals surface area contributed by atoms with Crippen LogP contribution in [-0.4, -0.2) is 59.1 Å². The molecule has 1 aliphatic rings. The fourth-order valence-corrected chi connectivity index (χ4v) is 3.69. The number of carbonyl (C=O) groups is 1. The summed E-state index contributed by atoms with van der Waals surface area (Å²) in [5, 5.41) is 4.13. The first-order chi connectivity index (χ1) is 14.5. The molecule has 1 aromatic heterocycles. The minimum atomic E-state index is 0.0348. The second kappa shape index (κ2) is 8.67. The van der Waals surface area contributed by atoms with E-state index in [1.165, 1.54) is 0 Å². The van der Waals surface area contributed by atoms with Crippen LogP contribution in [0.1, 0.15) is 27.4 Å². The van der Waals surface area contributed by atoms with Gasteiger partial charge in [0.25, 0.3) is 5.91 Å². The van der Waals surface area contributed by atoms with Crippen LogP contribution in [-0.2, 0) is 6.54 Å². The predicted molar refractivity (Wildman–Crippen MR) is 113 cm³/mol. The molecule has 0 N–H and O–H groups in total. The summed E-state index contributed by atoms with van der Waals surface area (Å²) in [6, 6.07) is 13.6. The van der Waals surface area contributed by atoms with E-state index in [4.69, 9.17) is 9.26 Å². The van der Waals surface area contributed by atoms with Crippen LogP contribution in [0.4, 0.5) is 0 Å². The van der Waals surface area contributed by atoms with Crippen molar-refractivity contribution in [1.29, 1.82) is 0 Å². The number of amides is 1. The maximum absolute atomic E-state index is 12.8. The lowest BCUT2D eigenvalue weighted by molar-refractivity contribution is 0.0614. The summed E-state index contributed by atoms with van der Waals surface area (Å²) in [5.41, 5.74) is 3.77. The minimum Gasteiger partial charge on any atom is -0.496 e. The van der Waals surface area contributed by atoms with Gasteiger partial charge in [0, 0.05) is 37.3 Å². The molecule has 0 spiro atoms. The molecule has 3 aromatic rings. The zero-order chi connectivity index (χ0) is 21.1. The van der Waals surface area contributed by atoms with Crippen molar-refractivity contribution >= 4 is 5.91 Å². The van der Waals surface area contributed by atoms with E-state index >= 15 is 0 Å². The van der Waals surface area contributed by atoms with E-state index in [1.807, 2.05) is 61.2 Å². The minimum absolute atomic E-state index is 0.0348. The summed E-state index contributed by atoms with van der Waals surface area (Å²) in [4.78, 5) is 21.5. The maximum Gasteiger partial charge on any atom is 0.254 e. The number of piperazine rings is 1. The second-order valence-corrected chi connectivity index (χ2v) is 7.58. The Kier molecular flexibility index (Phi) is 5.81. The van der Waals surface area contributed by atoms with E-state index in [0.29, 0.717) is 36.9 Å². The van der Waals surface area contributed by atoms with Gasteiger partial charge in [-0.3, -0.25) is 9.69 Å². The van der Waals surface area contributed by atoms with Gasteiger partial charge in [0.15, 0.2) is 0 Å². The molecule has 1 amide bonds. The van der Waals surface area contributed by atoms with Gasteiger partial charge in [-0.05, 0) is 37.1 Å². The summed E-state index contributed by atoms with van der Waals surface area (Å²) in [6.45, 7) is 7.42. The Labute approximate surface area is 176 Å². The van der Waals surface area contributed by atoms with Crippen LogP contribution in [0.3, 0.4) is 0 Å². The monoisotopic (exact) mass is 406 g/mol. The average Bonchev–Trinajstić information content (AvgIpc) is 3.22. The molecule has 0 unspecified atom stereocenters. The number of hydrogen-bond donors (Lipinski definition) is 0. The molecule has 4 rings (SSSR count). The Hall–Kier alpha value is -3.19. The van der Waals surface area contributed by atoms with E-state index in [2.05, 4.69) is 15.0 Å². The quantitative estimate of drug-likeness (QED) is 0.647. The average molecular weight is 406 g/mol. The summed E-state index contributed by atoms with van der Waals surface area (Å²) in [5.74, 6) is 1.98.